The van der Waals surface area contributed by atoms with Crippen LogP contribution in [-0.2, 0) is 19.4 Å². The molecule has 2 aliphatic rings. The Kier molecular flexibility index (Phi) is 6.39. The minimum atomic E-state index is -3.64. The highest BCUT2D eigenvalue weighted by Gasteiger charge is 2.39. The molecule has 1 atom stereocenters. The smallest absolute Gasteiger partial charge is 0.410 e. The van der Waals surface area contributed by atoms with Gasteiger partial charge in [0, 0.05) is 24.5 Å². The number of hydrogen-bond acceptors (Lipinski definition) is 5. The van der Waals surface area contributed by atoms with Gasteiger partial charge in [0.1, 0.15) is 12.4 Å². The van der Waals surface area contributed by atoms with Crippen molar-refractivity contribution in [1.29, 1.82) is 0 Å². The quantitative estimate of drug-likeness (QED) is 0.724. The lowest BCUT2D eigenvalue weighted by molar-refractivity contribution is -0.129. The summed E-state index contributed by atoms with van der Waals surface area (Å²) in [4.78, 5) is 27.8. The van der Waals surface area contributed by atoms with Gasteiger partial charge in [-0.2, -0.15) is 0 Å². The first-order valence-electron chi connectivity index (χ1n) is 9.58. The molecule has 1 unspecified atom stereocenters. The van der Waals surface area contributed by atoms with Crippen molar-refractivity contribution in [1.82, 2.24) is 9.80 Å². The van der Waals surface area contributed by atoms with E-state index in [0.29, 0.717) is 32.5 Å². The molecule has 2 saturated heterocycles. The third-order valence-corrected chi connectivity index (χ3v) is 6.48. The van der Waals surface area contributed by atoms with Crippen LogP contribution in [0.3, 0.4) is 0 Å². The summed E-state index contributed by atoms with van der Waals surface area (Å²) in [5.41, 5.74) is 0.766. The Bertz CT molecular complexity index is 829. The van der Waals surface area contributed by atoms with E-state index in [9.17, 15) is 18.0 Å². The third kappa shape index (κ3) is 4.92. The normalized spacial score (nSPS) is 21.3. The van der Waals surface area contributed by atoms with E-state index >= 15 is 0 Å². The molecule has 1 aromatic carbocycles. The maximum absolute atomic E-state index is 12.4. The van der Waals surface area contributed by atoms with Crippen LogP contribution in [0.25, 0.3) is 6.08 Å². The van der Waals surface area contributed by atoms with Crippen LogP contribution in [0.5, 0.6) is 0 Å². The number of ether oxygens (including phenoxy) is 1. The zero-order chi connectivity index (χ0) is 20.1. The monoisotopic (exact) mass is 406 g/mol. The zero-order valence-electron chi connectivity index (χ0n) is 16.0. The average molecular weight is 407 g/mol. The lowest BCUT2D eigenvalue weighted by Crippen LogP contribution is -2.50. The zero-order valence-corrected chi connectivity index (χ0v) is 16.8. The number of hydrogen-bond donors (Lipinski definition) is 0. The summed E-state index contributed by atoms with van der Waals surface area (Å²) in [6, 6.07) is 9.21. The molecular formula is C20H26N2O5S. The number of likely N-dealkylation sites (tertiary alicyclic amines) is 1. The minimum Gasteiger partial charge on any atom is -0.447 e. The van der Waals surface area contributed by atoms with Crippen LogP contribution < -0.4 is 0 Å². The van der Waals surface area contributed by atoms with Crippen LogP contribution in [-0.4, -0.2) is 67.8 Å². The number of cyclic esters (lactones) is 1. The molecule has 2 heterocycles. The number of benzene rings is 1. The van der Waals surface area contributed by atoms with Crippen molar-refractivity contribution in [3.63, 3.8) is 0 Å². The van der Waals surface area contributed by atoms with Crippen LogP contribution >= 0.6 is 0 Å². The SMILES string of the molecule is CCC1COC(=O)N1C1CCN(C(=O)CS(=O)(=O)C=Cc2ccccc2)CC1. The highest BCUT2D eigenvalue weighted by molar-refractivity contribution is 7.95. The van der Waals surface area contributed by atoms with Gasteiger partial charge in [-0.3, -0.25) is 9.69 Å². The Hall–Kier alpha value is -2.35. The summed E-state index contributed by atoms with van der Waals surface area (Å²) in [6.45, 7) is 3.33. The Morgan fingerprint density at radius 2 is 1.89 bits per heavy atom. The molecule has 0 spiro atoms. The molecule has 152 valence electrons. The molecule has 8 heteroatoms. The van der Waals surface area contributed by atoms with Crippen molar-refractivity contribution >= 4 is 27.9 Å². The van der Waals surface area contributed by atoms with Gasteiger partial charge in [0.2, 0.25) is 5.91 Å². The lowest BCUT2D eigenvalue weighted by atomic mass is 10.0. The van der Waals surface area contributed by atoms with Crippen molar-refractivity contribution in [3.05, 3.63) is 41.3 Å². The van der Waals surface area contributed by atoms with E-state index in [4.69, 9.17) is 4.74 Å². The third-order valence-electron chi connectivity index (χ3n) is 5.28. The van der Waals surface area contributed by atoms with Crippen molar-refractivity contribution in [2.24, 2.45) is 0 Å². The number of amides is 2. The number of sulfone groups is 1. The minimum absolute atomic E-state index is 0.0404. The average Bonchev–Trinajstić information content (AvgIpc) is 3.07. The van der Waals surface area contributed by atoms with Crippen LogP contribution in [0, 0.1) is 0 Å². The van der Waals surface area contributed by atoms with Crippen molar-refractivity contribution in [2.45, 2.75) is 38.3 Å². The van der Waals surface area contributed by atoms with E-state index in [1.54, 1.807) is 21.9 Å². The fraction of sp³-hybridized carbons (Fsp3) is 0.500. The van der Waals surface area contributed by atoms with Gasteiger partial charge >= 0.3 is 6.09 Å². The fourth-order valence-electron chi connectivity index (χ4n) is 3.68. The number of nitrogens with zero attached hydrogens (tertiary/aromatic N) is 2. The predicted molar refractivity (Wildman–Crippen MR) is 106 cm³/mol. The number of piperidine rings is 1. The molecule has 2 fully saturated rings. The molecular weight excluding hydrogens is 380 g/mol. The van der Waals surface area contributed by atoms with Crippen LogP contribution in [0.1, 0.15) is 31.7 Å². The molecule has 0 radical (unpaired) electrons. The standard InChI is InChI=1S/C20H26N2O5S/c1-2-17-14-27-20(24)22(17)18-8-11-21(12-9-18)19(23)15-28(25,26)13-10-16-6-4-3-5-7-16/h3-7,10,13,17-18H,2,8-9,11-12,14-15H2,1H3. The van der Waals surface area contributed by atoms with E-state index in [1.165, 1.54) is 6.08 Å². The number of carbonyl (C=O) groups is 2. The Balaban J connectivity index is 1.53. The van der Waals surface area contributed by atoms with Crippen molar-refractivity contribution < 1.29 is 22.7 Å². The van der Waals surface area contributed by atoms with Crippen molar-refractivity contribution in [3.8, 4) is 0 Å². The molecule has 3 rings (SSSR count). The van der Waals surface area contributed by atoms with Gasteiger partial charge in [-0.1, -0.05) is 37.3 Å². The first-order chi connectivity index (χ1) is 13.4. The molecule has 0 aliphatic carbocycles. The highest BCUT2D eigenvalue weighted by Crippen LogP contribution is 2.25. The summed E-state index contributed by atoms with van der Waals surface area (Å²) in [5.74, 6) is -0.933. The topological polar surface area (TPSA) is 84.0 Å². The molecule has 1 aromatic rings. The number of carbonyl (C=O) groups excluding carboxylic acids is 2. The van der Waals surface area contributed by atoms with Crippen molar-refractivity contribution in [2.75, 3.05) is 25.4 Å². The summed E-state index contributed by atoms with van der Waals surface area (Å²) >= 11 is 0. The molecule has 0 saturated carbocycles. The van der Waals surface area contributed by atoms with Crippen LogP contribution in [0.4, 0.5) is 4.79 Å². The van der Waals surface area contributed by atoms with Gasteiger partial charge in [0.05, 0.1) is 6.04 Å². The van der Waals surface area contributed by atoms with E-state index in [1.807, 2.05) is 25.1 Å². The molecule has 2 aliphatic heterocycles. The van der Waals surface area contributed by atoms with E-state index in [2.05, 4.69) is 0 Å². The summed E-state index contributed by atoms with van der Waals surface area (Å²) < 4.78 is 29.6. The summed E-state index contributed by atoms with van der Waals surface area (Å²) in [7, 11) is -3.64. The second-order valence-corrected chi connectivity index (χ2v) is 9.07. The van der Waals surface area contributed by atoms with Gasteiger partial charge in [-0.05, 0) is 30.9 Å². The van der Waals surface area contributed by atoms with E-state index in [0.717, 1.165) is 17.4 Å². The largest absolute Gasteiger partial charge is 0.447 e. The number of rotatable bonds is 6. The molecule has 7 nitrogen and oxygen atoms in total. The Morgan fingerprint density at radius 3 is 2.54 bits per heavy atom. The lowest BCUT2D eigenvalue weighted by Gasteiger charge is -2.37. The van der Waals surface area contributed by atoms with E-state index < -0.39 is 21.5 Å². The van der Waals surface area contributed by atoms with Crippen LogP contribution in [0.15, 0.2) is 35.7 Å². The van der Waals surface area contributed by atoms with Gasteiger partial charge in [0.15, 0.2) is 9.84 Å². The molecule has 2 amide bonds. The maximum Gasteiger partial charge on any atom is 0.410 e. The fourth-order valence-corrected chi connectivity index (χ4v) is 4.67. The molecule has 0 N–H and O–H groups in total. The predicted octanol–water partition coefficient (Wildman–Crippen LogP) is 2.29. The molecule has 28 heavy (non-hydrogen) atoms. The maximum atomic E-state index is 12.4. The second-order valence-electron chi connectivity index (χ2n) is 7.18. The van der Waals surface area contributed by atoms with E-state index in [-0.39, 0.29) is 18.2 Å². The van der Waals surface area contributed by atoms with Gasteiger partial charge < -0.3 is 9.64 Å². The van der Waals surface area contributed by atoms with Gasteiger partial charge in [0.25, 0.3) is 0 Å². The van der Waals surface area contributed by atoms with Gasteiger partial charge in [-0.15, -0.1) is 0 Å². The Morgan fingerprint density at radius 1 is 1.21 bits per heavy atom. The first kappa shape index (κ1) is 20.4. The highest BCUT2D eigenvalue weighted by atomic mass is 32.2. The first-order valence-corrected chi connectivity index (χ1v) is 11.3. The van der Waals surface area contributed by atoms with Crippen LogP contribution in [0.2, 0.25) is 0 Å². The molecule has 0 aromatic heterocycles. The Labute approximate surface area is 165 Å². The summed E-state index contributed by atoms with van der Waals surface area (Å²) in [5, 5.41) is 1.10. The second kappa shape index (κ2) is 8.77. The summed E-state index contributed by atoms with van der Waals surface area (Å²) in [6.07, 6.45) is 3.31. The van der Waals surface area contributed by atoms with Gasteiger partial charge in [-0.25, -0.2) is 13.2 Å². The molecule has 0 bridgehead atoms.